The van der Waals surface area contributed by atoms with Crippen LogP contribution in [-0.2, 0) is 16.1 Å². The second kappa shape index (κ2) is 11.5. The standard InChI is InChI=1S/C18H29N3O2S.2ClH/c1-23-18(6-8-19-9-7-18)17(22)20-12-15-4-2-10-21(13-15)14-16-5-3-11-24-16;;/h3,5,11,15,19H,2,4,6-10,12-14H2,1H3,(H,20,22);2*1H. The smallest absolute Gasteiger partial charge is 0.252 e. The predicted octanol–water partition coefficient (Wildman–Crippen LogP) is 2.69. The molecule has 0 saturated carbocycles. The quantitative estimate of drug-likeness (QED) is 0.738. The Labute approximate surface area is 173 Å². The van der Waals surface area contributed by atoms with Crippen LogP contribution < -0.4 is 10.6 Å². The van der Waals surface area contributed by atoms with Gasteiger partial charge in [0.2, 0.25) is 0 Å². The molecule has 0 aromatic carbocycles. The number of hydrogen-bond donors (Lipinski definition) is 2. The van der Waals surface area contributed by atoms with Crippen LogP contribution in [0.4, 0.5) is 0 Å². The van der Waals surface area contributed by atoms with Crippen LogP contribution in [0.1, 0.15) is 30.6 Å². The summed E-state index contributed by atoms with van der Waals surface area (Å²) in [6, 6.07) is 4.32. The Morgan fingerprint density at radius 2 is 2.19 bits per heavy atom. The van der Waals surface area contributed by atoms with Crippen LogP contribution in [0.15, 0.2) is 17.5 Å². The van der Waals surface area contributed by atoms with Crippen LogP contribution >= 0.6 is 36.2 Å². The summed E-state index contributed by atoms with van der Waals surface area (Å²) in [7, 11) is 1.66. The van der Waals surface area contributed by atoms with E-state index in [4.69, 9.17) is 4.74 Å². The molecular weight excluding hydrogens is 393 g/mol. The Balaban J connectivity index is 0.00000169. The van der Waals surface area contributed by atoms with Gasteiger partial charge in [0.05, 0.1) is 0 Å². The molecule has 0 aliphatic carbocycles. The number of carbonyl (C=O) groups excluding carboxylic acids is 1. The average Bonchev–Trinajstić information content (AvgIpc) is 3.13. The molecule has 1 unspecified atom stereocenters. The van der Waals surface area contributed by atoms with Gasteiger partial charge in [-0.15, -0.1) is 36.2 Å². The fourth-order valence-corrected chi connectivity index (χ4v) is 4.58. The van der Waals surface area contributed by atoms with Crippen molar-refractivity contribution in [2.24, 2.45) is 5.92 Å². The number of amides is 1. The van der Waals surface area contributed by atoms with Crippen LogP contribution in [0.25, 0.3) is 0 Å². The Bertz CT molecular complexity index is 525. The number of nitrogens with zero attached hydrogens (tertiary/aromatic N) is 1. The molecule has 1 atom stereocenters. The molecule has 5 nitrogen and oxygen atoms in total. The van der Waals surface area contributed by atoms with Crippen LogP contribution in [0.2, 0.25) is 0 Å². The van der Waals surface area contributed by atoms with Gasteiger partial charge in [-0.25, -0.2) is 0 Å². The third-order valence-electron chi connectivity index (χ3n) is 5.33. The number of rotatable bonds is 6. The molecule has 3 heterocycles. The maximum atomic E-state index is 12.7. The molecule has 0 radical (unpaired) electrons. The number of ether oxygens (including phenoxy) is 1. The van der Waals surface area contributed by atoms with Crippen molar-refractivity contribution in [3.8, 4) is 0 Å². The number of methoxy groups -OCH3 is 1. The lowest BCUT2D eigenvalue weighted by atomic mass is 9.90. The van der Waals surface area contributed by atoms with E-state index in [9.17, 15) is 4.79 Å². The molecular formula is C18H31Cl2N3O2S. The fourth-order valence-electron chi connectivity index (χ4n) is 3.84. The molecule has 26 heavy (non-hydrogen) atoms. The molecule has 2 fully saturated rings. The highest BCUT2D eigenvalue weighted by atomic mass is 35.5. The molecule has 3 rings (SSSR count). The van der Waals surface area contributed by atoms with Gasteiger partial charge in [-0.3, -0.25) is 9.69 Å². The van der Waals surface area contributed by atoms with Gasteiger partial charge in [-0.1, -0.05) is 6.07 Å². The van der Waals surface area contributed by atoms with Crippen molar-refractivity contribution in [3.05, 3.63) is 22.4 Å². The summed E-state index contributed by atoms with van der Waals surface area (Å²) < 4.78 is 5.61. The van der Waals surface area contributed by atoms with E-state index in [0.29, 0.717) is 5.92 Å². The van der Waals surface area contributed by atoms with Crippen LogP contribution in [0, 0.1) is 5.92 Å². The van der Waals surface area contributed by atoms with Gasteiger partial charge < -0.3 is 15.4 Å². The number of hydrogen-bond acceptors (Lipinski definition) is 5. The van der Waals surface area contributed by atoms with Gasteiger partial charge >= 0.3 is 0 Å². The molecule has 2 aliphatic rings. The Hall–Kier alpha value is -0.370. The Morgan fingerprint density at radius 1 is 1.42 bits per heavy atom. The minimum absolute atomic E-state index is 0. The second-order valence-corrected chi connectivity index (χ2v) is 8.01. The zero-order valence-electron chi connectivity index (χ0n) is 15.4. The van der Waals surface area contributed by atoms with Crippen molar-refractivity contribution in [3.63, 3.8) is 0 Å². The summed E-state index contributed by atoms with van der Waals surface area (Å²) in [5, 5.41) is 8.61. The van der Waals surface area contributed by atoms with E-state index >= 15 is 0 Å². The second-order valence-electron chi connectivity index (χ2n) is 6.98. The number of carbonyl (C=O) groups is 1. The summed E-state index contributed by atoms with van der Waals surface area (Å²) in [4.78, 5) is 16.6. The van der Waals surface area contributed by atoms with Crippen molar-refractivity contribution in [1.82, 2.24) is 15.5 Å². The highest BCUT2D eigenvalue weighted by molar-refractivity contribution is 7.09. The maximum absolute atomic E-state index is 12.7. The fraction of sp³-hybridized carbons (Fsp3) is 0.722. The zero-order valence-corrected chi connectivity index (χ0v) is 17.8. The summed E-state index contributed by atoms with van der Waals surface area (Å²) in [5.41, 5.74) is -0.628. The van der Waals surface area contributed by atoms with E-state index in [-0.39, 0.29) is 30.7 Å². The topological polar surface area (TPSA) is 53.6 Å². The third kappa shape index (κ3) is 6.08. The Morgan fingerprint density at radius 3 is 2.85 bits per heavy atom. The normalized spacial score (nSPS) is 22.7. The van der Waals surface area contributed by atoms with E-state index in [2.05, 4.69) is 33.0 Å². The molecule has 1 aromatic rings. The van der Waals surface area contributed by atoms with Crippen LogP contribution in [-0.4, -0.2) is 56.2 Å². The first-order valence-electron chi connectivity index (χ1n) is 9.01. The van der Waals surface area contributed by atoms with Gasteiger partial charge in [-0.2, -0.15) is 0 Å². The highest BCUT2D eigenvalue weighted by Crippen LogP contribution is 2.24. The van der Waals surface area contributed by atoms with Crippen LogP contribution in [0.5, 0.6) is 0 Å². The lowest BCUT2D eigenvalue weighted by Crippen LogP contribution is -2.55. The molecule has 2 N–H and O–H groups in total. The van der Waals surface area contributed by atoms with Gasteiger partial charge in [0.1, 0.15) is 5.60 Å². The van der Waals surface area contributed by atoms with Crippen molar-refractivity contribution in [1.29, 1.82) is 0 Å². The highest BCUT2D eigenvalue weighted by Gasteiger charge is 2.39. The molecule has 2 aliphatic heterocycles. The summed E-state index contributed by atoms with van der Waals surface area (Å²) in [6.07, 6.45) is 3.92. The molecule has 1 amide bonds. The Kier molecular flexibility index (Phi) is 10.4. The van der Waals surface area contributed by atoms with E-state index in [0.717, 1.165) is 52.1 Å². The first-order chi connectivity index (χ1) is 11.7. The van der Waals surface area contributed by atoms with E-state index in [1.807, 2.05) is 11.3 Å². The SMILES string of the molecule is COC1(C(=O)NCC2CCCN(Cc3cccs3)C2)CCNCC1.Cl.Cl. The van der Waals surface area contributed by atoms with E-state index in [1.54, 1.807) is 7.11 Å². The summed E-state index contributed by atoms with van der Waals surface area (Å²) in [5.74, 6) is 0.611. The predicted molar refractivity (Wildman–Crippen MR) is 112 cm³/mol. The lowest BCUT2D eigenvalue weighted by Gasteiger charge is -2.36. The van der Waals surface area contributed by atoms with Gasteiger partial charge in [0, 0.05) is 31.6 Å². The van der Waals surface area contributed by atoms with Crippen LogP contribution in [0.3, 0.4) is 0 Å². The third-order valence-corrected chi connectivity index (χ3v) is 6.19. The number of piperidine rings is 2. The van der Waals surface area contributed by atoms with Gasteiger partial charge in [-0.05, 0) is 62.7 Å². The molecule has 0 spiro atoms. The van der Waals surface area contributed by atoms with Gasteiger partial charge in [0.25, 0.3) is 5.91 Å². The minimum Gasteiger partial charge on any atom is -0.368 e. The van der Waals surface area contributed by atoms with Crippen molar-refractivity contribution in [2.45, 2.75) is 37.8 Å². The van der Waals surface area contributed by atoms with Gasteiger partial charge in [0.15, 0.2) is 0 Å². The summed E-state index contributed by atoms with van der Waals surface area (Å²) >= 11 is 1.82. The first kappa shape index (κ1) is 23.7. The summed E-state index contributed by atoms with van der Waals surface area (Å²) in [6.45, 7) is 5.72. The molecule has 8 heteroatoms. The van der Waals surface area contributed by atoms with E-state index in [1.165, 1.54) is 17.7 Å². The first-order valence-corrected chi connectivity index (χ1v) is 9.89. The number of halogens is 2. The number of nitrogens with one attached hydrogen (secondary N) is 2. The maximum Gasteiger partial charge on any atom is 0.252 e. The zero-order chi connectivity index (χ0) is 16.8. The molecule has 0 bridgehead atoms. The van der Waals surface area contributed by atoms with Crippen molar-refractivity contribution in [2.75, 3.05) is 39.8 Å². The number of thiophene rings is 1. The van der Waals surface area contributed by atoms with Crippen molar-refractivity contribution >= 4 is 42.1 Å². The number of likely N-dealkylation sites (tertiary alicyclic amines) is 1. The largest absolute Gasteiger partial charge is 0.368 e. The average molecular weight is 424 g/mol. The minimum atomic E-state index is -0.628. The monoisotopic (exact) mass is 423 g/mol. The van der Waals surface area contributed by atoms with E-state index < -0.39 is 5.60 Å². The molecule has 150 valence electrons. The molecule has 1 aromatic heterocycles. The lowest BCUT2D eigenvalue weighted by molar-refractivity contribution is -0.147. The molecule has 2 saturated heterocycles. The van der Waals surface area contributed by atoms with Crippen molar-refractivity contribution < 1.29 is 9.53 Å².